The molecule has 1 aliphatic rings. The van der Waals surface area contributed by atoms with E-state index in [1.54, 1.807) is 18.7 Å². The van der Waals surface area contributed by atoms with Crippen molar-refractivity contribution in [1.29, 1.82) is 0 Å². The van der Waals surface area contributed by atoms with Gasteiger partial charge in [0.2, 0.25) is 10.0 Å². The molecule has 0 radical (unpaired) electrons. The quantitative estimate of drug-likeness (QED) is 0.768. The summed E-state index contributed by atoms with van der Waals surface area (Å²) in [6.45, 7) is 2.46. The molecule has 2 rings (SSSR count). The number of carboxylic acid groups (broad SMARTS) is 1. The molecule has 1 amide bonds. The number of carboxylic acids is 1. The van der Waals surface area contributed by atoms with Crippen molar-refractivity contribution in [2.24, 2.45) is 0 Å². The first-order valence-electron chi connectivity index (χ1n) is 7.07. The Kier molecular flexibility index (Phi) is 6.06. The monoisotopic (exact) mass is 378 g/mol. The molecule has 2 heterocycles. The summed E-state index contributed by atoms with van der Waals surface area (Å²) in [6.07, 6.45) is 0.220. The maximum Gasteiger partial charge on any atom is 0.326 e. The van der Waals surface area contributed by atoms with E-state index in [9.17, 15) is 18.0 Å². The highest BCUT2D eigenvalue weighted by molar-refractivity contribution is 7.99. The van der Waals surface area contributed by atoms with E-state index >= 15 is 0 Å². The largest absolute Gasteiger partial charge is 0.480 e. The molecular formula is C13H18N2O5S3. The normalized spacial score (nSPS) is 17.6. The Bertz CT molecular complexity index is 680. The van der Waals surface area contributed by atoms with E-state index in [0.29, 0.717) is 13.1 Å². The second kappa shape index (κ2) is 7.65. The van der Waals surface area contributed by atoms with Crippen molar-refractivity contribution in [3.63, 3.8) is 0 Å². The molecule has 0 saturated carbocycles. The van der Waals surface area contributed by atoms with Gasteiger partial charge in [-0.15, -0.1) is 11.3 Å². The first kappa shape index (κ1) is 18.2. The van der Waals surface area contributed by atoms with Crippen molar-refractivity contribution in [2.45, 2.75) is 24.3 Å². The number of aliphatic carboxylic acids is 1. The zero-order valence-corrected chi connectivity index (χ0v) is 15.0. The third-order valence-corrected chi connectivity index (χ3v) is 7.36. The van der Waals surface area contributed by atoms with Crippen LogP contribution in [0.1, 0.15) is 23.0 Å². The molecule has 1 unspecified atom stereocenters. The first-order valence-corrected chi connectivity index (χ1v) is 10.5. The van der Waals surface area contributed by atoms with Crippen LogP contribution in [0.5, 0.6) is 0 Å². The molecule has 0 aromatic carbocycles. The van der Waals surface area contributed by atoms with E-state index in [-0.39, 0.29) is 16.2 Å². The van der Waals surface area contributed by atoms with Crippen molar-refractivity contribution in [3.8, 4) is 0 Å². The Balaban J connectivity index is 2.24. The molecule has 1 fully saturated rings. The second-order valence-corrected chi connectivity index (χ2v) is 8.95. The topological polar surface area (TPSA) is 104 Å². The average Bonchev–Trinajstić information content (AvgIpc) is 3.03. The van der Waals surface area contributed by atoms with Gasteiger partial charge in [-0.3, -0.25) is 4.79 Å². The molecule has 1 aromatic rings. The predicted molar refractivity (Wildman–Crippen MR) is 89.6 cm³/mol. The Hall–Kier alpha value is -1.10. The lowest BCUT2D eigenvalue weighted by Gasteiger charge is -2.25. The number of hydrogen-bond acceptors (Lipinski definition) is 6. The number of nitrogens with one attached hydrogen (secondary N) is 1. The Labute approximate surface area is 143 Å². The number of hydrogen-bond donors (Lipinski definition) is 2. The van der Waals surface area contributed by atoms with E-state index in [1.807, 2.05) is 0 Å². The van der Waals surface area contributed by atoms with Crippen molar-refractivity contribution >= 4 is 45.0 Å². The van der Waals surface area contributed by atoms with Gasteiger partial charge < -0.3 is 10.4 Å². The lowest BCUT2D eigenvalue weighted by molar-refractivity contribution is -0.139. The summed E-state index contributed by atoms with van der Waals surface area (Å²) >= 11 is 2.69. The molecule has 0 spiro atoms. The van der Waals surface area contributed by atoms with Crippen molar-refractivity contribution in [1.82, 2.24) is 9.62 Å². The third-order valence-electron chi connectivity index (χ3n) is 3.43. The smallest absolute Gasteiger partial charge is 0.326 e. The summed E-state index contributed by atoms with van der Waals surface area (Å²) in [7, 11) is -3.73. The lowest BCUT2D eigenvalue weighted by atomic mass is 10.2. The molecule has 7 nitrogen and oxygen atoms in total. The molecule has 10 heteroatoms. The van der Waals surface area contributed by atoms with E-state index in [1.165, 1.54) is 15.8 Å². The zero-order valence-electron chi connectivity index (χ0n) is 12.5. The summed E-state index contributed by atoms with van der Waals surface area (Å²) in [4.78, 5) is 23.3. The molecule has 0 aliphatic carbocycles. The van der Waals surface area contributed by atoms with Crippen LogP contribution in [0.15, 0.2) is 16.3 Å². The summed E-state index contributed by atoms with van der Waals surface area (Å²) in [5.41, 5.74) is 0. The van der Waals surface area contributed by atoms with Gasteiger partial charge in [-0.2, -0.15) is 16.1 Å². The van der Waals surface area contributed by atoms with Gasteiger partial charge >= 0.3 is 5.97 Å². The van der Waals surface area contributed by atoms with Crippen LogP contribution in [0.2, 0.25) is 0 Å². The molecular weight excluding hydrogens is 360 g/mol. The molecule has 23 heavy (non-hydrogen) atoms. The van der Waals surface area contributed by atoms with E-state index < -0.39 is 27.9 Å². The molecule has 1 atom stereocenters. The number of carbonyl (C=O) groups excluding carboxylic acids is 1. The molecule has 1 aromatic heterocycles. The highest BCUT2D eigenvalue weighted by Gasteiger charge is 2.32. The van der Waals surface area contributed by atoms with Gasteiger partial charge in [0, 0.05) is 24.6 Å². The molecule has 128 valence electrons. The summed E-state index contributed by atoms with van der Waals surface area (Å²) < 4.78 is 26.8. The molecule has 2 N–H and O–H groups in total. The van der Waals surface area contributed by atoms with Crippen molar-refractivity contribution in [3.05, 3.63) is 16.3 Å². The number of thiophene rings is 1. The summed E-state index contributed by atoms with van der Waals surface area (Å²) in [5.74, 6) is -0.363. The van der Waals surface area contributed by atoms with Crippen LogP contribution in [-0.4, -0.2) is 60.3 Å². The Morgan fingerprint density at radius 2 is 2.04 bits per heavy atom. The standard InChI is InChI=1S/C13H18N2O5S3/c1-2-9(13(17)18)14-12(16)11-10(3-6-22-11)23(19,20)15-4-7-21-8-5-15/h3,6,9H,2,4-5,7-8H2,1H3,(H,14,16)(H,17,18). The van der Waals surface area contributed by atoms with Crippen LogP contribution >= 0.6 is 23.1 Å². The fourth-order valence-corrected chi connectivity index (χ4v) is 6.03. The van der Waals surface area contributed by atoms with E-state index in [2.05, 4.69) is 5.32 Å². The van der Waals surface area contributed by atoms with E-state index in [0.717, 1.165) is 22.8 Å². The van der Waals surface area contributed by atoms with Gasteiger partial charge in [0.1, 0.15) is 15.8 Å². The fourth-order valence-electron chi connectivity index (χ4n) is 2.15. The predicted octanol–water partition coefficient (Wildman–Crippen LogP) is 1.08. The zero-order chi connectivity index (χ0) is 17.0. The fraction of sp³-hybridized carbons (Fsp3) is 0.538. The number of rotatable bonds is 6. The molecule has 1 aliphatic heterocycles. The van der Waals surface area contributed by atoms with Gasteiger partial charge in [0.15, 0.2) is 0 Å². The number of carbonyl (C=O) groups is 2. The van der Waals surface area contributed by atoms with Crippen molar-refractivity contribution < 1.29 is 23.1 Å². The highest BCUT2D eigenvalue weighted by Crippen LogP contribution is 2.27. The minimum absolute atomic E-state index is 0.0305. The van der Waals surface area contributed by atoms with Crippen LogP contribution in [-0.2, 0) is 14.8 Å². The van der Waals surface area contributed by atoms with Gasteiger partial charge in [-0.1, -0.05) is 6.92 Å². The summed E-state index contributed by atoms with van der Waals surface area (Å²) in [5, 5.41) is 12.9. The SMILES string of the molecule is CCC(NC(=O)c1sccc1S(=O)(=O)N1CCSCC1)C(=O)O. The molecule has 0 bridgehead atoms. The minimum Gasteiger partial charge on any atom is -0.480 e. The van der Waals surface area contributed by atoms with Crippen LogP contribution in [0.25, 0.3) is 0 Å². The third kappa shape index (κ3) is 4.06. The number of sulfonamides is 1. The molecule has 1 saturated heterocycles. The summed E-state index contributed by atoms with van der Waals surface area (Å²) in [6, 6.07) is 0.366. The maximum atomic E-state index is 12.7. The van der Waals surface area contributed by atoms with Crippen LogP contribution in [0, 0.1) is 0 Å². The number of amides is 1. The lowest BCUT2D eigenvalue weighted by Crippen LogP contribution is -2.41. The average molecular weight is 378 g/mol. The second-order valence-electron chi connectivity index (χ2n) is 4.90. The maximum absolute atomic E-state index is 12.7. The minimum atomic E-state index is -3.73. The van der Waals surface area contributed by atoms with Crippen LogP contribution in [0.4, 0.5) is 0 Å². The number of nitrogens with zero attached hydrogens (tertiary/aromatic N) is 1. The van der Waals surface area contributed by atoms with Crippen LogP contribution in [0.3, 0.4) is 0 Å². The number of thioether (sulfide) groups is 1. The van der Waals surface area contributed by atoms with Gasteiger partial charge in [0.05, 0.1) is 0 Å². The van der Waals surface area contributed by atoms with Crippen molar-refractivity contribution in [2.75, 3.05) is 24.6 Å². The highest BCUT2D eigenvalue weighted by atomic mass is 32.2. The van der Waals surface area contributed by atoms with E-state index in [4.69, 9.17) is 5.11 Å². The van der Waals surface area contributed by atoms with Gasteiger partial charge in [-0.05, 0) is 17.9 Å². The van der Waals surface area contributed by atoms with Gasteiger partial charge in [0.25, 0.3) is 5.91 Å². The first-order chi connectivity index (χ1) is 10.9. The van der Waals surface area contributed by atoms with Gasteiger partial charge in [-0.25, -0.2) is 13.2 Å². The van der Waals surface area contributed by atoms with Crippen LogP contribution < -0.4 is 5.32 Å². The Morgan fingerprint density at radius 1 is 1.39 bits per heavy atom. The Morgan fingerprint density at radius 3 is 2.61 bits per heavy atom.